The number of rotatable bonds is 4. The quantitative estimate of drug-likeness (QED) is 0.444. The van der Waals surface area contributed by atoms with Crippen LogP contribution in [0.25, 0.3) is 22.0 Å². The van der Waals surface area contributed by atoms with Crippen molar-refractivity contribution >= 4 is 22.8 Å². The smallest absolute Gasteiger partial charge is 0.119 e. The van der Waals surface area contributed by atoms with Crippen LogP contribution in [0.5, 0.6) is 5.75 Å². The third kappa shape index (κ3) is 3.00. The van der Waals surface area contributed by atoms with E-state index >= 15 is 0 Å². The van der Waals surface area contributed by atoms with Crippen LogP contribution >= 0.6 is 0 Å². The Balaban J connectivity index is 1.81. The van der Waals surface area contributed by atoms with Crippen molar-refractivity contribution in [2.24, 2.45) is 12.0 Å². The first-order valence-electron chi connectivity index (χ1n) is 8.58. The fourth-order valence-corrected chi connectivity index (χ4v) is 3.25. The number of aromatic nitrogens is 1. The average Bonchev–Trinajstić information content (AvgIpc) is 3.03. The van der Waals surface area contributed by atoms with Gasteiger partial charge in [-0.25, -0.2) is 0 Å². The van der Waals surface area contributed by atoms with Gasteiger partial charge in [-0.3, -0.25) is 4.99 Å². The highest BCUT2D eigenvalue weighted by Crippen LogP contribution is 2.31. The molecule has 3 aromatic carbocycles. The first-order chi connectivity index (χ1) is 12.8. The van der Waals surface area contributed by atoms with Crippen LogP contribution in [-0.2, 0) is 7.05 Å². The molecule has 3 heteroatoms. The zero-order chi connectivity index (χ0) is 17.9. The van der Waals surface area contributed by atoms with Crippen LogP contribution in [0, 0.1) is 0 Å². The second-order valence-electron chi connectivity index (χ2n) is 6.22. The zero-order valence-electron chi connectivity index (χ0n) is 14.9. The second-order valence-corrected chi connectivity index (χ2v) is 6.22. The van der Waals surface area contributed by atoms with Gasteiger partial charge in [-0.2, -0.15) is 0 Å². The summed E-state index contributed by atoms with van der Waals surface area (Å²) in [5, 5.41) is 1.22. The number of hydrogen-bond donors (Lipinski definition) is 0. The van der Waals surface area contributed by atoms with Crippen LogP contribution in [0.1, 0.15) is 5.56 Å². The van der Waals surface area contributed by atoms with Gasteiger partial charge in [0, 0.05) is 35.9 Å². The highest BCUT2D eigenvalue weighted by Gasteiger charge is 2.10. The van der Waals surface area contributed by atoms with E-state index in [4.69, 9.17) is 4.74 Å². The number of fused-ring (bicyclic) bond motifs is 1. The molecule has 1 heterocycles. The molecular formula is C23H20N2O. The highest BCUT2D eigenvalue weighted by atomic mass is 16.5. The number of aliphatic imine (C=N–C) groups is 1. The fourth-order valence-electron chi connectivity index (χ4n) is 3.25. The Bertz CT molecular complexity index is 1060. The van der Waals surface area contributed by atoms with Gasteiger partial charge in [0.1, 0.15) is 5.75 Å². The van der Waals surface area contributed by atoms with Crippen molar-refractivity contribution in [1.29, 1.82) is 0 Å². The zero-order valence-corrected chi connectivity index (χ0v) is 14.9. The normalized spacial score (nSPS) is 11.3. The number of aryl methyl sites for hydroxylation is 1. The standard InChI is InChI=1S/C23H20N2O/c1-25-16-18(15-24-19-11-13-20(26-2)14-12-19)23-21(9-6-10-22(23)25)17-7-4-3-5-8-17/h3-16H,1-2H3. The first kappa shape index (κ1) is 16.2. The number of methoxy groups -OCH3 is 1. The molecule has 4 aromatic rings. The third-order valence-electron chi connectivity index (χ3n) is 4.55. The first-order valence-corrected chi connectivity index (χ1v) is 8.58. The van der Waals surface area contributed by atoms with Gasteiger partial charge in [0.25, 0.3) is 0 Å². The van der Waals surface area contributed by atoms with Crippen molar-refractivity contribution in [3.63, 3.8) is 0 Å². The van der Waals surface area contributed by atoms with E-state index in [1.807, 2.05) is 36.5 Å². The lowest BCUT2D eigenvalue weighted by Crippen LogP contribution is -1.85. The summed E-state index contributed by atoms with van der Waals surface area (Å²) in [7, 11) is 3.74. The maximum Gasteiger partial charge on any atom is 0.119 e. The van der Waals surface area contributed by atoms with Gasteiger partial charge in [-0.05, 0) is 41.5 Å². The minimum absolute atomic E-state index is 0.834. The molecule has 0 saturated carbocycles. The number of benzene rings is 3. The Labute approximate surface area is 153 Å². The molecule has 0 aliphatic heterocycles. The summed E-state index contributed by atoms with van der Waals surface area (Å²) in [4.78, 5) is 4.66. The number of hydrogen-bond acceptors (Lipinski definition) is 2. The van der Waals surface area contributed by atoms with E-state index in [-0.39, 0.29) is 0 Å². The van der Waals surface area contributed by atoms with Crippen molar-refractivity contribution < 1.29 is 4.74 Å². The van der Waals surface area contributed by atoms with Crippen molar-refractivity contribution in [3.05, 3.63) is 84.6 Å². The molecule has 26 heavy (non-hydrogen) atoms. The van der Waals surface area contributed by atoms with E-state index in [9.17, 15) is 0 Å². The molecule has 0 spiro atoms. The summed E-state index contributed by atoms with van der Waals surface area (Å²) in [6.45, 7) is 0. The Morgan fingerprint density at radius 1 is 0.885 bits per heavy atom. The summed E-state index contributed by atoms with van der Waals surface area (Å²) in [6, 6.07) is 24.7. The van der Waals surface area contributed by atoms with Gasteiger partial charge in [0.05, 0.1) is 12.8 Å². The molecule has 0 atom stereocenters. The molecule has 0 aliphatic carbocycles. The van der Waals surface area contributed by atoms with Crippen molar-refractivity contribution in [2.75, 3.05) is 7.11 Å². The van der Waals surface area contributed by atoms with E-state index in [2.05, 4.69) is 65.3 Å². The van der Waals surface area contributed by atoms with Gasteiger partial charge in [0.15, 0.2) is 0 Å². The van der Waals surface area contributed by atoms with Gasteiger partial charge >= 0.3 is 0 Å². The Morgan fingerprint density at radius 2 is 1.65 bits per heavy atom. The molecule has 0 radical (unpaired) electrons. The third-order valence-corrected chi connectivity index (χ3v) is 4.55. The Hall–Kier alpha value is -3.33. The molecule has 0 aliphatic rings. The van der Waals surface area contributed by atoms with E-state index in [0.717, 1.165) is 17.0 Å². The van der Waals surface area contributed by atoms with Gasteiger partial charge in [-0.1, -0.05) is 42.5 Å². The van der Waals surface area contributed by atoms with Crippen LogP contribution in [0.3, 0.4) is 0 Å². The average molecular weight is 340 g/mol. The molecule has 0 N–H and O–H groups in total. The maximum atomic E-state index is 5.20. The molecule has 0 saturated heterocycles. The van der Waals surface area contributed by atoms with Crippen molar-refractivity contribution in [2.45, 2.75) is 0 Å². The van der Waals surface area contributed by atoms with Gasteiger partial charge < -0.3 is 9.30 Å². The van der Waals surface area contributed by atoms with E-state index in [1.54, 1.807) is 7.11 Å². The second kappa shape index (κ2) is 6.89. The minimum atomic E-state index is 0.834. The van der Waals surface area contributed by atoms with E-state index in [0.29, 0.717) is 0 Å². The molecule has 1 aromatic heterocycles. The molecule has 0 unspecified atom stereocenters. The predicted molar refractivity (Wildman–Crippen MR) is 109 cm³/mol. The maximum absolute atomic E-state index is 5.20. The van der Waals surface area contributed by atoms with Crippen molar-refractivity contribution in [1.82, 2.24) is 4.57 Å². The summed E-state index contributed by atoms with van der Waals surface area (Å²) < 4.78 is 7.35. The van der Waals surface area contributed by atoms with E-state index in [1.165, 1.54) is 22.0 Å². The predicted octanol–water partition coefficient (Wildman–Crippen LogP) is 5.60. The molecular weight excluding hydrogens is 320 g/mol. The Morgan fingerprint density at radius 3 is 2.38 bits per heavy atom. The van der Waals surface area contributed by atoms with Crippen molar-refractivity contribution in [3.8, 4) is 16.9 Å². The van der Waals surface area contributed by atoms with Crippen LogP contribution in [0.2, 0.25) is 0 Å². The molecule has 0 bridgehead atoms. The molecule has 3 nitrogen and oxygen atoms in total. The number of ether oxygens (including phenoxy) is 1. The molecule has 0 amide bonds. The van der Waals surface area contributed by atoms with Gasteiger partial charge in [0.2, 0.25) is 0 Å². The summed E-state index contributed by atoms with van der Waals surface area (Å²) >= 11 is 0. The topological polar surface area (TPSA) is 26.5 Å². The van der Waals surface area contributed by atoms with E-state index < -0.39 is 0 Å². The van der Waals surface area contributed by atoms with Crippen LogP contribution in [0.4, 0.5) is 5.69 Å². The minimum Gasteiger partial charge on any atom is -0.497 e. The lowest BCUT2D eigenvalue weighted by atomic mass is 9.99. The SMILES string of the molecule is COc1ccc(N=Cc2cn(C)c3cccc(-c4ccccc4)c23)cc1. The van der Waals surface area contributed by atoms with Crippen LogP contribution in [-0.4, -0.2) is 17.9 Å². The van der Waals surface area contributed by atoms with Gasteiger partial charge in [-0.15, -0.1) is 0 Å². The fraction of sp³-hybridized carbons (Fsp3) is 0.0870. The van der Waals surface area contributed by atoms with Crippen LogP contribution < -0.4 is 4.74 Å². The lowest BCUT2D eigenvalue weighted by Gasteiger charge is -2.05. The van der Waals surface area contributed by atoms with Crippen LogP contribution in [0.15, 0.2) is 84.0 Å². The molecule has 0 fully saturated rings. The monoisotopic (exact) mass is 340 g/mol. The summed E-state index contributed by atoms with van der Waals surface area (Å²) in [5.41, 5.74) is 5.64. The number of nitrogens with zero attached hydrogens (tertiary/aromatic N) is 2. The Kier molecular flexibility index (Phi) is 4.28. The molecule has 4 rings (SSSR count). The molecule has 128 valence electrons. The summed E-state index contributed by atoms with van der Waals surface area (Å²) in [6.07, 6.45) is 4.07. The largest absolute Gasteiger partial charge is 0.497 e. The highest BCUT2D eigenvalue weighted by molar-refractivity contribution is 6.07. The lowest BCUT2D eigenvalue weighted by molar-refractivity contribution is 0.415. The summed E-state index contributed by atoms with van der Waals surface area (Å²) in [5.74, 6) is 0.834.